The van der Waals surface area contributed by atoms with E-state index in [2.05, 4.69) is 5.10 Å². The van der Waals surface area contributed by atoms with E-state index in [9.17, 15) is 13.2 Å². The maximum absolute atomic E-state index is 13.6. The molecule has 9 heteroatoms. The van der Waals surface area contributed by atoms with Crippen molar-refractivity contribution in [2.45, 2.75) is 11.4 Å². The van der Waals surface area contributed by atoms with E-state index in [4.69, 9.17) is 23.2 Å². The number of rotatable bonds is 6. The van der Waals surface area contributed by atoms with Crippen molar-refractivity contribution in [1.82, 2.24) is 9.78 Å². The predicted octanol–water partition coefficient (Wildman–Crippen LogP) is 4.93. The Morgan fingerprint density at radius 3 is 2.06 bits per heavy atom. The number of halogens is 2. The van der Waals surface area contributed by atoms with Crippen molar-refractivity contribution >= 4 is 38.9 Å². The lowest BCUT2D eigenvalue weighted by Crippen LogP contribution is -2.30. The minimum absolute atomic E-state index is 0.0477. The molecule has 0 aliphatic carbocycles. The van der Waals surface area contributed by atoms with Crippen LogP contribution in [0.5, 0.6) is 0 Å². The first kappa shape index (κ1) is 22.1. The number of benzene rings is 3. The van der Waals surface area contributed by atoms with Crippen LogP contribution in [0.25, 0.3) is 5.69 Å². The highest BCUT2D eigenvalue weighted by molar-refractivity contribution is 7.92. The average molecular weight is 486 g/mol. The molecule has 0 spiro atoms. The quantitative estimate of drug-likeness (QED) is 0.387. The maximum Gasteiger partial charge on any atom is 0.291 e. The van der Waals surface area contributed by atoms with Gasteiger partial charge in [-0.05, 0) is 42.0 Å². The molecule has 0 atom stereocenters. The molecule has 4 rings (SSSR count). The molecule has 4 aromatic rings. The van der Waals surface area contributed by atoms with Gasteiger partial charge in [0.1, 0.15) is 5.02 Å². The van der Waals surface area contributed by atoms with E-state index in [1.54, 1.807) is 24.3 Å². The third-order valence-electron chi connectivity index (χ3n) is 4.76. The zero-order valence-electron chi connectivity index (χ0n) is 16.6. The summed E-state index contributed by atoms with van der Waals surface area (Å²) in [7, 11) is -3.90. The monoisotopic (exact) mass is 485 g/mol. The average Bonchev–Trinajstić information content (AvgIpc) is 2.82. The second-order valence-corrected chi connectivity index (χ2v) is 9.50. The molecule has 0 unspecified atom stereocenters. The van der Waals surface area contributed by atoms with Crippen LogP contribution < -0.4 is 9.86 Å². The van der Waals surface area contributed by atoms with Crippen LogP contribution in [0.3, 0.4) is 0 Å². The highest BCUT2D eigenvalue weighted by atomic mass is 35.5. The molecule has 0 bridgehead atoms. The Hall–Kier alpha value is -3.13. The number of anilines is 1. The lowest BCUT2D eigenvalue weighted by atomic mass is 10.2. The van der Waals surface area contributed by atoms with Gasteiger partial charge in [-0.2, -0.15) is 9.78 Å². The van der Waals surface area contributed by atoms with E-state index in [1.807, 2.05) is 36.4 Å². The molecular weight excluding hydrogens is 469 g/mol. The Bertz CT molecular complexity index is 1390. The van der Waals surface area contributed by atoms with Crippen molar-refractivity contribution in [3.8, 4) is 5.69 Å². The van der Waals surface area contributed by atoms with E-state index in [-0.39, 0.29) is 21.5 Å². The van der Waals surface area contributed by atoms with Crippen molar-refractivity contribution < 1.29 is 8.42 Å². The van der Waals surface area contributed by atoms with Gasteiger partial charge in [0, 0.05) is 0 Å². The number of hydrogen-bond acceptors (Lipinski definition) is 4. The van der Waals surface area contributed by atoms with Crippen molar-refractivity contribution in [3.63, 3.8) is 0 Å². The van der Waals surface area contributed by atoms with Gasteiger partial charge in [-0.1, -0.05) is 71.7 Å². The van der Waals surface area contributed by atoms with Gasteiger partial charge in [-0.3, -0.25) is 9.10 Å². The molecule has 32 heavy (non-hydrogen) atoms. The second kappa shape index (κ2) is 9.16. The van der Waals surface area contributed by atoms with E-state index < -0.39 is 15.6 Å². The molecule has 0 aliphatic rings. The first-order valence-electron chi connectivity index (χ1n) is 9.53. The van der Waals surface area contributed by atoms with Crippen molar-refractivity contribution in [3.05, 3.63) is 117 Å². The van der Waals surface area contributed by atoms with Crippen molar-refractivity contribution in [1.29, 1.82) is 0 Å². The van der Waals surface area contributed by atoms with E-state index in [1.165, 1.54) is 34.8 Å². The number of sulfonamides is 1. The molecule has 3 aromatic carbocycles. The Morgan fingerprint density at radius 2 is 1.44 bits per heavy atom. The molecular formula is C23H17Cl2N3O3S. The highest BCUT2D eigenvalue weighted by Crippen LogP contribution is 2.26. The summed E-state index contributed by atoms with van der Waals surface area (Å²) in [6.45, 7) is 0.169. The van der Waals surface area contributed by atoms with Crippen LogP contribution in [0, 0.1) is 0 Å². The Balaban J connectivity index is 1.73. The van der Waals surface area contributed by atoms with Crippen LogP contribution in [0.1, 0.15) is 5.56 Å². The topological polar surface area (TPSA) is 72.3 Å². The Morgan fingerprint density at radius 1 is 0.844 bits per heavy atom. The number of para-hydroxylation sites is 1. The summed E-state index contributed by atoms with van der Waals surface area (Å²) in [5.41, 5.74) is 1.16. The van der Waals surface area contributed by atoms with E-state index in [0.717, 1.165) is 10.2 Å². The zero-order valence-corrected chi connectivity index (χ0v) is 18.9. The molecule has 1 aromatic heterocycles. The van der Waals surface area contributed by atoms with Crippen LogP contribution >= 0.6 is 23.2 Å². The third-order valence-corrected chi connectivity index (χ3v) is 7.30. The second-order valence-electron chi connectivity index (χ2n) is 6.85. The van der Waals surface area contributed by atoms with Gasteiger partial charge in [0.2, 0.25) is 0 Å². The first-order valence-corrected chi connectivity index (χ1v) is 11.7. The summed E-state index contributed by atoms with van der Waals surface area (Å²) in [4.78, 5) is 12.4. The summed E-state index contributed by atoms with van der Waals surface area (Å²) in [5, 5.41) is 3.86. The molecule has 0 saturated carbocycles. The van der Waals surface area contributed by atoms with Gasteiger partial charge in [0.15, 0.2) is 0 Å². The molecule has 1 heterocycles. The molecule has 0 aliphatic heterocycles. The van der Waals surface area contributed by atoms with E-state index >= 15 is 0 Å². The number of nitrogens with zero attached hydrogens (tertiary/aromatic N) is 3. The van der Waals surface area contributed by atoms with Gasteiger partial charge in [0.25, 0.3) is 15.6 Å². The fourth-order valence-corrected chi connectivity index (χ4v) is 4.85. The van der Waals surface area contributed by atoms with Gasteiger partial charge < -0.3 is 0 Å². The number of hydrogen-bond donors (Lipinski definition) is 0. The summed E-state index contributed by atoms with van der Waals surface area (Å²) < 4.78 is 29.5. The van der Waals surface area contributed by atoms with Crippen LogP contribution in [-0.4, -0.2) is 18.2 Å². The minimum Gasteiger partial charge on any atom is -0.266 e. The Labute approximate surface area is 195 Å². The largest absolute Gasteiger partial charge is 0.291 e. The SMILES string of the molecule is O=c1c(Cl)c(Cl)cnn1-c1ccc(S(=O)(=O)N(Cc2ccccc2)c2ccccc2)cc1. The van der Waals surface area contributed by atoms with Crippen LogP contribution in [0.4, 0.5) is 5.69 Å². The summed E-state index contributed by atoms with van der Waals surface area (Å²) in [5.74, 6) is 0. The van der Waals surface area contributed by atoms with Gasteiger partial charge in [0.05, 0.1) is 34.0 Å². The summed E-state index contributed by atoms with van der Waals surface area (Å²) in [6, 6.07) is 24.1. The standard InChI is InChI=1S/C23H17Cl2N3O3S/c24-21-15-26-28(23(29)22(21)25)19-11-13-20(14-12-19)32(30,31)27(18-9-5-2-6-10-18)16-17-7-3-1-4-8-17/h1-15H,16H2. The van der Waals surface area contributed by atoms with Gasteiger partial charge in [-0.25, -0.2) is 8.42 Å². The molecule has 0 fully saturated rings. The van der Waals surface area contributed by atoms with Crippen LogP contribution in [-0.2, 0) is 16.6 Å². The molecule has 0 amide bonds. The molecule has 162 valence electrons. The molecule has 0 saturated heterocycles. The van der Waals surface area contributed by atoms with Crippen LogP contribution in [0.2, 0.25) is 10.0 Å². The maximum atomic E-state index is 13.6. The fraction of sp³-hybridized carbons (Fsp3) is 0.0435. The minimum atomic E-state index is -3.90. The lowest BCUT2D eigenvalue weighted by Gasteiger charge is -2.25. The summed E-state index contributed by atoms with van der Waals surface area (Å²) in [6.07, 6.45) is 1.26. The van der Waals surface area contributed by atoms with Crippen molar-refractivity contribution in [2.75, 3.05) is 4.31 Å². The molecule has 0 N–H and O–H groups in total. The smallest absolute Gasteiger partial charge is 0.266 e. The predicted molar refractivity (Wildman–Crippen MR) is 126 cm³/mol. The lowest BCUT2D eigenvalue weighted by molar-refractivity contribution is 0.590. The Kier molecular flexibility index (Phi) is 6.32. The first-order chi connectivity index (χ1) is 15.4. The van der Waals surface area contributed by atoms with E-state index in [0.29, 0.717) is 11.4 Å². The number of aromatic nitrogens is 2. The highest BCUT2D eigenvalue weighted by Gasteiger charge is 2.25. The van der Waals surface area contributed by atoms with Crippen molar-refractivity contribution in [2.24, 2.45) is 0 Å². The van der Waals surface area contributed by atoms with Gasteiger partial charge >= 0.3 is 0 Å². The van der Waals surface area contributed by atoms with Gasteiger partial charge in [-0.15, -0.1) is 0 Å². The molecule has 6 nitrogen and oxygen atoms in total. The third kappa shape index (κ3) is 4.41. The normalized spacial score (nSPS) is 11.3. The fourth-order valence-electron chi connectivity index (χ4n) is 3.14. The van der Waals surface area contributed by atoms with Crippen LogP contribution in [0.15, 0.2) is 101 Å². The summed E-state index contributed by atoms with van der Waals surface area (Å²) >= 11 is 11.7. The molecule has 0 radical (unpaired) electrons. The zero-order chi connectivity index (χ0) is 22.7.